The van der Waals surface area contributed by atoms with Gasteiger partial charge in [0.05, 0.1) is 6.20 Å². The molecule has 3 aromatic heterocycles. The number of anilines is 1. The molecule has 0 bridgehead atoms. The van der Waals surface area contributed by atoms with E-state index in [1.165, 1.54) is 6.20 Å². The highest BCUT2D eigenvalue weighted by Crippen LogP contribution is 2.28. The Bertz CT molecular complexity index is 1330. The van der Waals surface area contributed by atoms with E-state index in [1.54, 1.807) is 18.2 Å². The van der Waals surface area contributed by atoms with Gasteiger partial charge in [0, 0.05) is 40.3 Å². The lowest BCUT2D eigenvalue weighted by Gasteiger charge is -2.07. The molecule has 0 amide bonds. The third-order valence-electron chi connectivity index (χ3n) is 4.30. The van der Waals surface area contributed by atoms with Gasteiger partial charge in [0.2, 0.25) is 0 Å². The van der Waals surface area contributed by atoms with Gasteiger partial charge in [-0.25, -0.2) is 4.98 Å². The molecule has 142 valence electrons. The van der Waals surface area contributed by atoms with Gasteiger partial charge in [0.25, 0.3) is 0 Å². The number of fused-ring (bicyclic) bond motifs is 2. The fourth-order valence-electron chi connectivity index (χ4n) is 2.88. The summed E-state index contributed by atoms with van der Waals surface area (Å²) in [5.74, 6) is 1.68. The Morgan fingerprint density at radius 2 is 1.62 bits per heavy atom. The predicted octanol–water partition coefficient (Wildman–Crippen LogP) is 4.68. The van der Waals surface area contributed by atoms with E-state index in [4.69, 9.17) is 20.8 Å². The molecule has 0 aliphatic carbocycles. The number of nitrogens with one attached hydrogen (secondary N) is 2. The number of rotatable bonds is 2. The van der Waals surface area contributed by atoms with Gasteiger partial charge < -0.3 is 25.5 Å². The van der Waals surface area contributed by atoms with Gasteiger partial charge in [-0.2, -0.15) is 5.26 Å². The van der Waals surface area contributed by atoms with Gasteiger partial charge in [-0.1, -0.05) is 0 Å². The Kier molecular flexibility index (Phi) is 4.74. The first-order valence-corrected chi connectivity index (χ1v) is 8.79. The van der Waals surface area contributed by atoms with Crippen molar-refractivity contribution in [3.8, 4) is 23.3 Å². The van der Waals surface area contributed by atoms with Gasteiger partial charge in [-0.15, -0.1) is 0 Å². The number of phenolic OH excluding ortho intramolecular Hbond substituents is 1. The summed E-state index contributed by atoms with van der Waals surface area (Å²) in [6, 6.07) is 18.3. The normalized spacial score (nSPS) is 10.3. The minimum Gasteiger partial charge on any atom is -0.508 e. The molecule has 2 aromatic carbocycles. The number of aromatic amines is 2. The lowest BCUT2D eigenvalue weighted by molar-refractivity contribution is 0.476. The lowest BCUT2D eigenvalue weighted by Crippen LogP contribution is -1.94. The van der Waals surface area contributed by atoms with Crippen molar-refractivity contribution in [3.05, 3.63) is 78.8 Å². The summed E-state index contributed by atoms with van der Waals surface area (Å²) in [6.07, 6.45) is 5.11. The SMILES string of the molecule is N#Cc1cnc(N)cc1Oc1ccc2[nH]ccc2c1.Oc1ccc2[nH]ccc2c1. The Hall–Kier alpha value is -4.44. The minimum absolute atomic E-state index is 0.312. The molecule has 0 aliphatic rings. The van der Waals surface area contributed by atoms with E-state index in [-0.39, 0.29) is 0 Å². The quantitative estimate of drug-likeness (QED) is 0.352. The zero-order chi connectivity index (χ0) is 20.2. The molecule has 7 nitrogen and oxygen atoms in total. The highest BCUT2D eigenvalue weighted by atomic mass is 16.5. The summed E-state index contributed by atoms with van der Waals surface area (Å²) in [5.41, 5.74) is 8.04. The zero-order valence-corrected chi connectivity index (χ0v) is 15.3. The molecule has 0 radical (unpaired) electrons. The highest BCUT2D eigenvalue weighted by Gasteiger charge is 2.07. The third kappa shape index (κ3) is 3.96. The maximum absolute atomic E-state index is 9.03. The number of pyridine rings is 1. The van der Waals surface area contributed by atoms with Crippen molar-refractivity contribution < 1.29 is 9.84 Å². The molecular weight excluding hydrogens is 366 g/mol. The number of H-pyrrole nitrogens is 2. The first-order valence-electron chi connectivity index (χ1n) is 8.79. The Morgan fingerprint density at radius 3 is 2.34 bits per heavy atom. The number of nitriles is 1. The van der Waals surface area contributed by atoms with E-state index in [1.807, 2.05) is 54.9 Å². The molecule has 5 rings (SSSR count). The fourth-order valence-corrected chi connectivity index (χ4v) is 2.88. The number of ether oxygens (including phenoxy) is 1. The summed E-state index contributed by atoms with van der Waals surface area (Å²) in [7, 11) is 0. The summed E-state index contributed by atoms with van der Waals surface area (Å²) in [4.78, 5) is 10.0. The van der Waals surface area contributed by atoms with Crippen molar-refractivity contribution in [1.29, 1.82) is 5.26 Å². The van der Waals surface area contributed by atoms with E-state index >= 15 is 0 Å². The second-order valence-corrected chi connectivity index (χ2v) is 6.30. The Labute approximate surface area is 166 Å². The molecule has 0 saturated heterocycles. The summed E-state index contributed by atoms with van der Waals surface area (Å²) >= 11 is 0. The predicted molar refractivity (Wildman–Crippen MR) is 112 cm³/mol. The average Bonchev–Trinajstić information content (AvgIpc) is 3.37. The number of hydrogen-bond donors (Lipinski definition) is 4. The third-order valence-corrected chi connectivity index (χ3v) is 4.30. The van der Waals surface area contributed by atoms with E-state index in [2.05, 4.69) is 15.0 Å². The van der Waals surface area contributed by atoms with Gasteiger partial charge in [-0.05, 0) is 48.5 Å². The monoisotopic (exact) mass is 383 g/mol. The molecule has 7 heteroatoms. The van der Waals surface area contributed by atoms with E-state index < -0.39 is 0 Å². The number of hydrogen-bond acceptors (Lipinski definition) is 5. The van der Waals surface area contributed by atoms with Crippen LogP contribution in [0.3, 0.4) is 0 Å². The number of nitrogens with two attached hydrogens (primary N) is 1. The van der Waals surface area contributed by atoms with Crippen LogP contribution in [0, 0.1) is 11.3 Å². The molecule has 0 fully saturated rings. The first-order chi connectivity index (χ1) is 14.1. The second kappa shape index (κ2) is 7.66. The highest BCUT2D eigenvalue weighted by molar-refractivity contribution is 5.81. The van der Waals surface area contributed by atoms with Crippen LogP contribution in [0.2, 0.25) is 0 Å². The van der Waals surface area contributed by atoms with Crippen molar-refractivity contribution in [3.63, 3.8) is 0 Å². The second-order valence-electron chi connectivity index (χ2n) is 6.30. The van der Waals surface area contributed by atoms with Crippen LogP contribution < -0.4 is 10.5 Å². The lowest BCUT2D eigenvalue weighted by atomic mass is 10.2. The summed E-state index contributed by atoms with van der Waals surface area (Å²) in [5, 5.41) is 20.1. The van der Waals surface area contributed by atoms with Crippen LogP contribution in [-0.2, 0) is 0 Å². The fraction of sp³-hybridized carbons (Fsp3) is 0. The van der Waals surface area contributed by atoms with Crippen LogP contribution in [0.25, 0.3) is 21.8 Å². The number of nitrogens with zero attached hydrogens (tertiary/aromatic N) is 2. The molecule has 0 atom stereocenters. The van der Waals surface area contributed by atoms with Crippen molar-refractivity contribution >= 4 is 27.6 Å². The van der Waals surface area contributed by atoms with Crippen molar-refractivity contribution in [2.24, 2.45) is 0 Å². The molecule has 0 saturated carbocycles. The first kappa shape index (κ1) is 17.9. The molecule has 29 heavy (non-hydrogen) atoms. The maximum atomic E-state index is 9.03. The van der Waals surface area contributed by atoms with Crippen LogP contribution in [0.5, 0.6) is 17.2 Å². The number of aromatic hydroxyl groups is 1. The molecule has 0 aliphatic heterocycles. The largest absolute Gasteiger partial charge is 0.508 e. The van der Waals surface area contributed by atoms with Crippen LogP contribution in [0.4, 0.5) is 5.82 Å². The van der Waals surface area contributed by atoms with Crippen molar-refractivity contribution in [2.45, 2.75) is 0 Å². The van der Waals surface area contributed by atoms with Gasteiger partial charge in [-0.3, -0.25) is 0 Å². The van der Waals surface area contributed by atoms with Crippen LogP contribution in [0.1, 0.15) is 5.56 Å². The molecule has 0 unspecified atom stereocenters. The minimum atomic E-state index is 0.312. The average molecular weight is 383 g/mol. The molecule has 3 heterocycles. The van der Waals surface area contributed by atoms with Crippen LogP contribution in [0.15, 0.2) is 73.2 Å². The Balaban J connectivity index is 0.000000171. The van der Waals surface area contributed by atoms with Crippen LogP contribution >= 0.6 is 0 Å². The smallest absolute Gasteiger partial charge is 0.150 e. The van der Waals surface area contributed by atoms with E-state index in [0.717, 1.165) is 21.8 Å². The standard InChI is InChI=1S/C14H10N4O.C8H7NO/c15-7-10-8-18-14(16)6-13(10)19-11-1-2-12-9(5-11)3-4-17-12;10-7-1-2-8-6(5-7)3-4-9-8/h1-6,8,17H,(H2,16,18);1-5,9-10H. The number of nitrogen functional groups attached to an aromatic ring is 1. The van der Waals surface area contributed by atoms with Crippen LogP contribution in [-0.4, -0.2) is 20.1 Å². The van der Waals surface area contributed by atoms with Gasteiger partial charge in [0.1, 0.15) is 34.7 Å². The number of phenols is 1. The van der Waals surface area contributed by atoms with Gasteiger partial charge >= 0.3 is 0 Å². The topological polar surface area (TPSA) is 124 Å². The Morgan fingerprint density at radius 1 is 0.931 bits per heavy atom. The zero-order valence-electron chi connectivity index (χ0n) is 15.3. The number of benzene rings is 2. The molecule has 5 N–H and O–H groups in total. The van der Waals surface area contributed by atoms with Crippen molar-refractivity contribution in [2.75, 3.05) is 5.73 Å². The van der Waals surface area contributed by atoms with Crippen molar-refractivity contribution in [1.82, 2.24) is 15.0 Å². The van der Waals surface area contributed by atoms with Gasteiger partial charge in [0.15, 0.2) is 0 Å². The summed E-state index contributed by atoms with van der Waals surface area (Å²) in [6.45, 7) is 0. The van der Waals surface area contributed by atoms with E-state index in [0.29, 0.717) is 28.6 Å². The van der Waals surface area contributed by atoms with E-state index in [9.17, 15) is 0 Å². The molecular formula is C22H17N5O2. The number of aromatic nitrogens is 3. The molecule has 0 spiro atoms. The molecule has 5 aromatic rings. The summed E-state index contributed by atoms with van der Waals surface area (Å²) < 4.78 is 5.70. The maximum Gasteiger partial charge on any atom is 0.150 e.